The van der Waals surface area contributed by atoms with Crippen molar-refractivity contribution in [1.82, 2.24) is 4.90 Å². The number of likely N-dealkylation sites (tertiary alicyclic amines) is 1. The van der Waals surface area contributed by atoms with Crippen molar-refractivity contribution < 1.29 is 19.4 Å². The summed E-state index contributed by atoms with van der Waals surface area (Å²) in [7, 11) is 0. The molecule has 1 N–H and O–H groups in total. The molecule has 0 radical (unpaired) electrons. The number of aliphatic carboxylic acids is 1. The first-order chi connectivity index (χ1) is 9.46. The van der Waals surface area contributed by atoms with Gasteiger partial charge in [0.25, 0.3) is 0 Å². The molecule has 1 fully saturated rings. The van der Waals surface area contributed by atoms with Gasteiger partial charge in [-0.25, -0.2) is 9.59 Å². The van der Waals surface area contributed by atoms with E-state index < -0.39 is 17.6 Å². The van der Waals surface area contributed by atoms with Crippen LogP contribution < -0.4 is 0 Å². The molecule has 1 heterocycles. The van der Waals surface area contributed by atoms with Crippen LogP contribution in [-0.4, -0.2) is 38.1 Å². The first kappa shape index (κ1) is 15.1. The van der Waals surface area contributed by atoms with Crippen LogP contribution in [0.2, 0.25) is 0 Å². The molecule has 108 valence electrons. The summed E-state index contributed by atoms with van der Waals surface area (Å²) in [6, 6.07) is 9.32. The number of carboxylic acids is 1. The van der Waals surface area contributed by atoms with E-state index in [0.717, 1.165) is 5.56 Å². The fraction of sp³-hybridized carbons (Fsp3) is 0.429. The predicted octanol–water partition coefficient (Wildman–Crippen LogP) is 2.68. The zero-order chi connectivity index (χ0) is 14.8. The second kappa shape index (κ2) is 5.99. The Kier molecular flexibility index (Phi) is 4.52. The Hall–Kier alpha value is -1.31. The van der Waals surface area contributed by atoms with E-state index in [9.17, 15) is 14.7 Å². The van der Waals surface area contributed by atoms with Crippen LogP contribution in [0.4, 0.5) is 4.79 Å². The number of nitrogens with zero attached hydrogens (tertiary/aromatic N) is 1. The molecule has 2 unspecified atom stereocenters. The lowest BCUT2D eigenvalue weighted by atomic mass is 10.00. The highest BCUT2D eigenvalue weighted by Crippen LogP contribution is 2.35. The number of carboxylic acid groups (broad SMARTS) is 1. The second-order valence-electron chi connectivity index (χ2n) is 4.90. The summed E-state index contributed by atoms with van der Waals surface area (Å²) < 4.78 is 5.10. The van der Waals surface area contributed by atoms with Gasteiger partial charge in [0.2, 0.25) is 0 Å². The topological polar surface area (TPSA) is 66.8 Å². The molecule has 1 amide bonds. The second-order valence-corrected chi connectivity index (χ2v) is 6.40. The Morgan fingerprint density at radius 3 is 2.70 bits per heavy atom. The lowest BCUT2D eigenvalue weighted by Gasteiger charge is -2.32. The number of alkyl halides is 1. The van der Waals surface area contributed by atoms with Gasteiger partial charge in [0, 0.05) is 10.5 Å². The molecule has 0 bridgehead atoms. The van der Waals surface area contributed by atoms with Gasteiger partial charge >= 0.3 is 12.1 Å². The Labute approximate surface area is 131 Å². The van der Waals surface area contributed by atoms with E-state index in [4.69, 9.17) is 4.74 Å². The Morgan fingerprint density at radius 1 is 1.45 bits per heavy atom. The molecule has 6 heteroatoms. The first-order valence-corrected chi connectivity index (χ1v) is 7.56. The average Bonchev–Trinajstić information content (AvgIpc) is 2.75. The highest BCUT2D eigenvalue weighted by molar-refractivity contribution is 14.1. The lowest BCUT2D eigenvalue weighted by molar-refractivity contribution is -0.147. The van der Waals surface area contributed by atoms with Crippen LogP contribution in [0.25, 0.3) is 0 Å². The lowest BCUT2D eigenvalue weighted by Crippen LogP contribution is -2.54. The number of carbonyl (C=O) groups is 2. The van der Waals surface area contributed by atoms with Crippen LogP contribution in [0.1, 0.15) is 18.9 Å². The first-order valence-electron chi connectivity index (χ1n) is 6.32. The van der Waals surface area contributed by atoms with Gasteiger partial charge in [-0.15, -0.1) is 0 Å². The maximum atomic E-state index is 12.1. The zero-order valence-corrected chi connectivity index (χ0v) is 13.2. The molecule has 20 heavy (non-hydrogen) atoms. The van der Waals surface area contributed by atoms with Gasteiger partial charge in [-0.1, -0.05) is 52.9 Å². The minimum absolute atomic E-state index is 0.123. The van der Waals surface area contributed by atoms with Crippen LogP contribution in [-0.2, 0) is 16.1 Å². The van der Waals surface area contributed by atoms with Gasteiger partial charge in [-0.3, -0.25) is 4.90 Å². The summed E-state index contributed by atoms with van der Waals surface area (Å²) in [6.45, 7) is 2.13. The molecule has 0 aliphatic carbocycles. The molecule has 1 saturated heterocycles. The van der Waals surface area contributed by atoms with E-state index in [1.807, 2.05) is 30.3 Å². The van der Waals surface area contributed by atoms with Crippen molar-refractivity contribution >= 4 is 34.7 Å². The quantitative estimate of drug-likeness (QED) is 0.638. The molecular formula is C14H16INO4. The Morgan fingerprint density at radius 2 is 2.10 bits per heavy atom. The third kappa shape index (κ3) is 2.74. The monoisotopic (exact) mass is 389 g/mol. The van der Waals surface area contributed by atoms with E-state index in [2.05, 4.69) is 22.6 Å². The van der Waals surface area contributed by atoms with Crippen molar-refractivity contribution in [2.75, 3.05) is 6.54 Å². The van der Waals surface area contributed by atoms with Crippen LogP contribution >= 0.6 is 22.6 Å². The molecule has 0 spiro atoms. The predicted molar refractivity (Wildman–Crippen MR) is 81.8 cm³/mol. The summed E-state index contributed by atoms with van der Waals surface area (Å²) in [5, 5.41) is 9.39. The minimum atomic E-state index is -1.20. The maximum absolute atomic E-state index is 12.1. The zero-order valence-electron chi connectivity index (χ0n) is 11.1. The SMILES string of the molecule is CC1(C(=O)O)C(I)CCN1C(=O)OCc1ccccc1. The number of carbonyl (C=O) groups excluding carboxylic acids is 1. The maximum Gasteiger partial charge on any atom is 0.411 e. The van der Waals surface area contributed by atoms with Gasteiger partial charge in [-0.05, 0) is 18.9 Å². The Bertz CT molecular complexity index is 507. The van der Waals surface area contributed by atoms with E-state index >= 15 is 0 Å². The number of hydrogen-bond donors (Lipinski definition) is 1. The molecule has 0 aromatic heterocycles. The van der Waals surface area contributed by atoms with E-state index in [0.29, 0.717) is 13.0 Å². The molecule has 5 nitrogen and oxygen atoms in total. The van der Waals surface area contributed by atoms with Crippen molar-refractivity contribution in [3.8, 4) is 0 Å². The average molecular weight is 389 g/mol. The molecule has 1 aliphatic heterocycles. The smallest absolute Gasteiger partial charge is 0.411 e. The minimum Gasteiger partial charge on any atom is -0.479 e. The van der Waals surface area contributed by atoms with E-state index in [1.54, 1.807) is 6.92 Å². The van der Waals surface area contributed by atoms with Crippen molar-refractivity contribution in [3.05, 3.63) is 35.9 Å². The largest absolute Gasteiger partial charge is 0.479 e. The number of rotatable bonds is 3. The molecule has 1 aromatic rings. The van der Waals surface area contributed by atoms with Crippen LogP contribution in [0.3, 0.4) is 0 Å². The van der Waals surface area contributed by atoms with Gasteiger partial charge in [0.15, 0.2) is 5.54 Å². The third-order valence-electron chi connectivity index (χ3n) is 3.64. The molecule has 2 rings (SSSR count). The highest BCUT2D eigenvalue weighted by atomic mass is 127. The van der Waals surface area contributed by atoms with Gasteiger partial charge in [0.1, 0.15) is 6.61 Å². The van der Waals surface area contributed by atoms with Gasteiger partial charge in [0.05, 0.1) is 0 Å². The number of hydrogen-bond acceptors (Lipinski definition) is 3. The standard InChI is InChI=1S/C14H16INO4/c1-14(12(17)18)11(15)7-8-16(14)13(19)20-9-10-5-3-2-4-6-10/h2-6,11H,7-9H2,1H3,(H,17,18). The summed E-state index contributed by atoms with van der Waals surface area (Å²) in [6.07, 6.45) is 0.0852. The van der Waals surface area contributed by atoms with Crippen LogP contribution in [0, 0.1) is 0 Å². The fourth-order valence-electron chi connectivity index (χ4n) is 2.25. The summed E-state index contributed by atoms with van der Waals surface area (Å²) in [4.78, 5) is 24.9. The number of ether oxygens (including phenoxy) is 1. The van der Waals surface area contributed by atoms with Crippen LogP contribution in [0.5, 0.6) is 0 Å². The van der Waals surface area contributed by atoms with Crippen LogP contribution in [0.15, 0.2) is 30.3 Å². The molecule has 1 aromatic carbocycles. The molecule has 1 aliphatic rings. The van der Waals surface area contributed by atoms with Gasteiger partial charge < -0.3 is 9.84 Å². The van der Waals surface area contributed by atoms with E-state index in [-0.39, 0.29) is 10.5 Å². The van der Waals surface area contributed by atoms with Crippen molar-refractivity contribution in [3.63, 3.8) is 0 Å². The van der Waals surface area contributed by atoms with Crippen molar-refractivity contribution in [2.45, 2.75) is 29.4 Å². The molecular weight excluding hydrogens is 373 g/mol. The third-order valence-corrected chi connectivity index (χ3v) is 5.47. The molecule has 2 atom stereocenters. The fourth-order valence-corrected chi connectivity index (χ4v) is 3.13. The Balaban J connectivity index is 2.04. The summed E-state index contributed by atoms with van der Waals surface area (Å²) in [5.74, 6) is -0.994. The number of amides is 1. The summed E-state index contributed by atoms with van der Waals surface area (Å²) in [5.41, 5.74) is -0.322. The highest BCUT2D eigenvalue weighted by Gasteiger charge is 2.52. The van der Waals surface area contributed by atoms with Gasteiger partial charge in [-0.2, -0.15) is 0 Å². The number of halogens is 1. The molecule has 0 saturated carbocycles. The van der Waals surface area contributed by atoms with E-state index in [1.165, 1.54) is 4.90 Å². The normalized spacial score (nSPS) is 25.5. The summed E-state index contributed by atoms with van der Waals surface area (Å²) >= 11 is 2.08. The van der Waals surface area contributed by atoms with Crippen molar-refractivity contribution in [1.29, 1.82) is 0 Å². The van der Waals surface area contributed by atoms with Crippen molar-refractivity contribution in [2.24, 2.45) is 0 Å². The number of benzene rings is 1.